The Morgan fingerprint density at radius 1 is 1.23 bits per heavy atom. The fourth-order valence-electron chi connectivity index (χ4n) is 2.73. The second-order valence-corrected chi connectivity index (χ2v) is 6.10. The summed E-state index contributed by atoms with van der Waals surface area (Å²) in [6, 6.07) is 7.41. The van der Waals surface area contributed by atoms with Gasteiger partial charge in [-0.15, -0.1) is 0 Å². The van der Waals surface area contributed by atoms with Crippen LogP contribution in [0.1, 0.15) is 12.0 Å². The molecular weight excluding hydrogens is 304 g/mol. The van der Waals surface area contributed by atoms with Gasteiger partial charge in [-0.2, -0.15) is 0 Å². The zero-order valence-electron chi connectivity index (χ0n) is 12.3. The minimum Gasteiger partial charge on any atom is -0.378 e. The number of hydrogen-bond acceptors (Lipinski definition) is 3. The van der Waals surface area contributed by atoms with Crippen molar-refractivity contribution in [3.63, 3.8) is 0 Å². The summed E-state index contributed by atoms with van der Waals surface area (Å²) in [5.41, 5.74) is 0.884. The van der Waals surface area contributed by atoms with Gasteiger partial charge in [0.2, 0.25) is 11.8 Å². The van der Waals surface area contributed by atoms with E-state index in [2.05, 4.69) is 5.32 Å². The van der Waals surface area contributed by atoms with E-state index in [1.165, 1.54) is 0 Å². The lowest BCUT2D eigenvalue weighted by Crippen LogP contribution is -2.42. The summed E-state index contributed by atoms with van der Waals surface area (Å²) in [5.74, 6) is -0.338. The van der Waals surface area contributed by atoms with Crippen LogP contribution < -0.4 is 5.32 Å². The minimum atomic E-state index is -0.196. The van der Waals surface area contributed by atoms with Gasteiger partial charge in [-0.25, -0.2) is 0 Å². The van der Waals surface area contributed by atoms with Gasteiger partial charge in [-0.1, -0.05) is 29.8 Å². The van der Waals surface area contributed by atoms with Crippen molar-refractivity contribution in [1.82, 2.24) is 10.2 Å². The molecule has 1 saturated carbocycles. The van der Waals surface area contributed by atoms with E-state index in [4.69, 9.17) is 16.3 Å². The Balaban J connectivity index is 1.48. The van der Waals surface area contributed by atoms with Crippen molar-refractivity contribution in [2.45, 2.75) is 13.0 Å². The number of morpholine rings is 1. The summed E-state index contributed by atoms with van der Waals surface area (Å²) in [5, 5.41) is 3.51. The van der Waals surface area contributed by atoms with Crippen molar-refractivity contribution in [3.8, 4) is 0 Å². The molecule has 1 aliphatic carbocycles. The lowest BCUT2D eigenvalue weighted by molar-refractivity contribution is -0.138. The molecular formula is C16H19ClN2O3. The number of carbonyl (C=O) groups is 2. The Labute approximate surface area is 134 Å². The fraction of sp³-hybridized carbons (Fsp3) is 0.500. The highest BCUT2D eigenvalue weighted by atomic mass is 35.5. The Morgan fingerprint density at radius 3 is 2.68 bits per heavy atom. The van der Waals surface area contributed by atoms with Crippen molar-refractivity contribution >= 4 is 23.4 Å². The number of ether oxygens (including phenoxy) is 1. The fourth-order valence-corrected chi connectivity index (χ4v) is 2.93. The predicted molar refractivity (Wildman–Crippen MR) is 82.3 cm³/mol. The number of carbonyl (C=O) groups excluding carboxylic acids is 2. The number of nitrogens with zero attached hydrogens (tertiary/aromatic N) is 1. The quantitative estimate of drug-likeness (QED) is 0.913. The van der Waals surface area contributed by atoms with Crippen LogP contribution in [0.2, 0.25) is 5.02 Å². The van der Waals surface area contributed by atoms with Crippen LogP contribution in [0.3, 0.4) is 0 Å². The standard InChI is InChI=1S/C16H19ClN2O3/c17-14-4-2-1-3-11(14)10-18-15(20)12-9-13(12)16(21)19-5-7-22-8-6-19/h1-4,12-13H,5-10H2,(H,18,20). The van der Waals surface area contributed by atoms with Crippen LogP contribution in [0.4, 0.5) is 0 Å². The molecule has 0 bridgehead atoms. The second kappa shape index (κ2) is 6.67. The third kappa shape index (κ3) is 3.42. The molecule has 2 atom stereocenters. The van der Waals surface area contributed by atoms with E-state index in [0.717, 1.165) is 5.56 Å². The molecule has 2 fully saturated rings. The number of hydrogen-bond donors (Lipinski definition) is 1. The highest BCUT2D eigenvalue weighted by molar-refractivity contribution is 6.31. The van der Waals surface area contributed by atoms with E-state index in [-0.39, 0.29) is 23.7 Å². The molecule has 1 N–H and O–H groups in total. The Hall–Kier alpha value is -1.59. The van der Waals surface area contributed by atoms with Crippen LogP contribution in [0, 0.1) is 11.8 Å². The van der Waals surface area contributed by atoms with Crippen LogP contribution in [0.5, 0.6) is 0 Å². The molecule has 2 aliphatic rings. The molecule has 0 spiro atoms. The summed E-state index contributed by atoms with van der Waals surface area (Å²) < 4.78 is 5.24. The normalized spacial score (nSPS) is 24.0. The molecule has 2 unspecified atom stereocenters. The van der Waals surface area contributed by atoms with Crippen LogP contribution in [-0.4, -0.2) is 43.0 Å². The monoisotopic (exact) mass is 322 g/mol. The zero-order valence-corrected chi connectivity index (χ0v) is 13.0. The van der Waals surface area contributed by atoms with Gasteiger partial charge in [0.1, 0.15) is 0 Å². The first-order valence-corrected chi connectivity index (χ1v) is 7.92. The summed E-state index contributed by atoms with van der Waals surface area (Å²) in [7, 11) is 0. The Kier molecular flexibility index (Phi) is 4.64. The summed E-state index contributed by atoms with van der Waals surface area (Å²) in [6.07, 6.45) is 0.643. The molecule has 6 heteroatoms. The van der Waals surface area contributed by atoms with E-state index in [9.17, 15) is 9.59 Å². The molecule has 1 saturated heterocycles. The summed E-state index contributed by atoms with van der Waals surface area (Å²) in [6.45, 7) is 2.82. The molecule has 5 nitrogen and oxygen atoms in total. The number of halogens is 1. The van der Waals surface area contributed by atoms with Crippen LogP contribution in [0.15, 0.2) is 24.3 Å². The third-order valence-electron chi connectivity index (χ3n) is 4.18. The first-order valence-electron chi connectivity index (χ1n) is 7.54. The van der Waals surface area contributed by atoms with Gasteiger partial charge in [-0.3, -0.25) is 9.59 Å². The SMILES string of the molecule is O=C(NCc1ccccc1Cl)C1CC1C(=O)N1CCOCC1. The molecule has 1 aromatic rings. The van der Waals surface area contributed by atoms with Crippen molar-refractivity contribution < 1.29 is 14.3 Å². The summed E-state index contributed by atoms with van der Waals surface area (Å²) in [4.78, 5) is 26.2. The lowest BCUT2D eigenvalue weighted by atomic mass is 10.2. The highest BCUT2D eigenvalue weighted by Crippen LogP contribution is 2.40. The van der Waals surface area contributed by atoms with Gasteiger partial charge >= 0.3 is 0 Å². The van der Waals surface area contributed by atoms with E-state index in [1.54, 1.807) is 11.0 Å². The Morgan fingerprint density at radius 2 is 1.95 bits per heavy atom. The number of benzene rings is 1. The van der Waals surface area contributed by atoms with Crippen LogP contribution in [0.25, 0.3) is 0 Å². The maximum atomic E-state index is 12.3. The van der Waals surface area contributed by atoms with Crippen molar-refractivity contribution in [3.05, 3.63) is 34.9 Å². The molecule has 0 aromatic heterocycles. The smallest absolute Gasteiger partial charge is 0.226 e. The largest absolute Gasteiger partial charge is 0.378 e. The van der Waals surface area contributed by atoms with Crippen molar-refractivity contribution in [2.24, 2.45) is 11.8 Å². The van der Waals surface area contributed by atoms with E-state index >= 15 is 0 Å². The van der Waals surface area contributed by atoms with Gasteiger partial charge in [0.15, 0.2) is 0 Å². The molecule has 1 heterocycles. The maximum absolute atomic E-state index is 12.3. The zero-order chi connectivity index (χ0) is 15.5. The Bertz CT molecular complexity index is 572. The van der Waals surface area contributed by atoms with E-state index < -0.39 is 0 Å². The maximum Gasteiger partial charge on any atom is 0.226 e. The van der Waals surface area contributed by atoms with E-state index in [1.807, 2.05) is 18.2 Å². The van der Waals surface area contributed by atoms with Gasteiger partial charge in [0.05, 0.1) is 25.0 Å². The first kappa shape index (κ1) is 15.3. The molecule has 1 aromatic carbocycles. The minimum absolute atomic E-state index is 0.0634. The average molecular weight is 323 g/mol. The third-order valence-corrected chi connectivity index (χ3v) is 4.55. The van der Waals surface area contributed by atoms with E-state index in [0.29, 0.717) is 44.3 Å². The topological polar surface area (TPSA) is 58.6 Å². The van der Waals surface area contributed by atoms with Gasteiger partial charge in [-0.05, 0) is 18.1 Å². The molecule has 118 valence electrons. The van der Waals surface area contributed by atoms with Crippen LogP contribution >= 0.6 is 11.6 Å². The number of rotatable bonds is 4. The van der Waals surface area contributed by atoms with Gasteiger partial charge in [0.25, 0.3) is 0 Å². The highest BCUT2D eigenvalue weighted by Gasteiger charge is 2.49. The number of amides is 2. The van der Waals surface area contributed by atoms with Crippen molar-refractivity contribution in [1.29, 1.82) is 0 Å². The van der Waals surface area contributed by atoms with Gasteiger partial charge < -0.3 is 15.0 Å². The van der Waals surface area contributed by atoms with Gasteiger partial charge in [0, 0.05) is 24.7 Å². The number of nitrogens with one attached hydrogen (secondary N) is 1. The molecule has 3 rings (SSSR count). The lowest BCUT2D eigenvalue weighted by Gasteiger charge is -2.27. The molecule has 22 heavy (non-hydrogen) atoms. The average Bonchev–Trinajstić information content (AvgIpc) is 3.35. The first-order chi connectivity index (χ1) is 10.7. The predicted octanol–water partition coefficient (Wildman–Crippen LogP) is 1.45. The molecule has 2 amide bonds. The van der Waals surface area contributed by atoms with Crippen LogP contribution in [-0.2, 0) is 20.9 Å². The molecule has 0 radical (unpaired) electrons. The second-order valence-electron chi connectivity index (χ2n) is 5.70. The summed E-state index contributed by atoms with van der Waals surface area (Å²) >= 11 is 6.06. The molecule has 1 aliphatic heterocycles. The van der Waals surface area contributed by atoms with Crippen molar-refractivity contribution in [2.75, 3.05) is 26.3 Å².